The number of carbonyl (C=O) groups is 2. The number of aliphatic hydroxyl groups excluding tert-OH is 1. The highest BCUT2D eigenvalue weighted by molar-refractivity contribution is 7.99. The maximum Gasteiger partial charge on any atom is 0.243 e. The van der Waals surface area contributed by atoms with Crippen LogP contribution in [-0.4, -0.2) is 59.3 Å². The number of hydrogen-bond donors (Lipinski definition) is 5. The molecule has 0 saturated carbocycles. The van der Waals surface area contributed by atoms with Gasteiger partial charge < -0.3 is 25.0 Å². The van der Waals surface area contributed by atoms with Gasteiger partial charge in [0.05, 0.1) is 24.5 Å². The summed E-state index contributed by atoms with van der Waals surface area (Å²) in [6.45, 7) is 0.360. The molecule has 6 rings (SSSR count). The molecule has 1 aromatic heterocycles. The number of amides is 2. The van der Waals surface area contributed by atoms with Crippen LogP contribution in [0.5, 0.6) is 5.75 Å². The third kappa shape index (κ3) is 10.5. The summed E-state index contributed by atoms with van der Waals surface area (Å²) in [5.74, 6) is 0.303. The van der Waals surface area contributed by atoms with Crippen LogP contribution >= 0.6 is 11.8 Å². The maximum absolute atomic E-state index is 12.6. The molecule has 0 unspecified atom stereocenters. The van der Waals surface area contributed by atoms with Gasteiger partial charge in [0.15, 0.2) is 6.29 Å². The molecule has 14 heteroatoms. The first-order valence-corrected chi connectivity index (χ1v) is 19.0. The van der Waals surface area contributed by atoms with Crippen LogP contribution in [0.3, 0.4) is 0 Å². The molecule has 2 heterocycles. The van der Waals surface area contributed by atoms with E-state index in [1.54, 1.807) is 34.4 Å². The topological polar surface area (TPSA) is 181 Å². The van der Waals surface area contributed by atoms with Crippen molar-refractivity contribution in [3.63, 3.8) is 0 Å². The van der Waals surface area contributed by atoms with E-state index in [1.165, 1.54) is 11.8 Å². The summed E-state index contributed by atoms with van der Waals surface area (Å²) in [4.78, 5) is 23.7. The van der Waals surface area contributed by atoms with Gasteiger partial charge in [-0.25, -0.2) is 5.48 Å². The van der Waals surface area contributed by atoms with Gasteiger partial charge in [-0.1, -0.05) is 97.4 Å². The van der Waals surface area contributed by atoms with E-state index in [4.69, 9.17) is 14.7 Å². The van der Waals surface area contributed by atoms with Crippen molar-refractivity contribution in [2.75, 3.05) is 5.75 Å². The fourth-order valence-electron chi connectivity index (χ4n) is 6.25. The minimum atomic E-state index is -0.643. The second kappa shape index (κ2) is 19.3. The molecule has 0 bridgehead atoms. The predicted octanol–water partition coefficient (Wildman–Crippen LogP) is 6.33. The summed E-state index contributed by atoms with van der Waals surface area (Å²) in [7, 11) is 0. The third-order valence-corrected chi connectivity index (χ3v) is 10.3. The van der Waals surface area contributed by atoms with Crippen LogP contribution in [0.15, 0.2) is 102 Å². The lowest BCUT2D eigenvalue weighted by molar-refractivity contribution is -0.245. The highest BCUT2D eigenvalue weighted by atomic mass is 32.2. The Morgan fingerprint density at radius 1 is 0.833 bits per heavy atom. The molecule has 5 aromatic rings. The number of unbranched alkanes of at least 4 members (excludes halogenated alkanes) is 3. The average molecular weight is 753 g/mol. The monoisotopic (exact) mass is 752 g/mol. The summed E-state index contributed by atoms with van der Waals surface area (Å²) < 4.78 is 14.8. The summed E-state index contributed by atoms with van der Waals surface area (Å²) in [6.07, 6.45) is 3.22. The number of nitrogens with zero attached hydrogens (tertiary/aromatic N) is 4. The van der Waals surface area contributed by atoms with Crippen molar-refractivity contribution in [1.82, 2.24) is 31.0 Å². The fourth-order valence-corrected chi connectivity index (χ4v) is 7.16. The van der Waals surface area contributed by atoms with E-state index in [1.807, 2.05) is 72.8 Å². The second-order valence-electron chi connectivity index (χ2n) is 13.1. The molecule has 3 atom stereocenters. The number of phenols is 1. The largest absolute Gasteiger partial charge is 0.508 e. The Balaban J connectivity index is 1.10. The first kappa shape index (κ1) is 38.6. The lowest BCUT2D eigenvalue weighted by Crippen LogP contribution is -2.31. The van der Waals surface area contributed by atoms with Crippen LogP contribution in [0.1, 0.15) is 79.6 Å². The zero-order chi connectivity index (χ0) is 37.7. The van der Waals surface area contributed by atoms with Crippen molar-refractivity contribution in [3.05, 3.63) is 119 Å². The van der Waals surface area contributed by atoms with Crippen LogP contribution in [0.25, 0.3) is 16.8 Å². The smallest absolute Gasteiger partial charge is 0.243 e. The molecule has 13 nitrogen and oxygen atoms in total. The summed E-state index contributed by atoms with van der Waals surface area (Å²) >= 11 is 1.48. The van der Waals surface area contributed by atoms with Crippen molar-refractivity contribution in [1.29, 1.82) is 0 Å². The van der Waals surface area contributed by atoms with E-state index >= 15 is 0 Å². The van der Waals surface area contributed by atoms with Gasteiger partial charge in [-0.2, -0.15) is 4.68 Å². The number of thioether (sulfide) groups is 1. The first-order valence-electron chi connectivity index (χ1n) is 18.0. The van der Waals surface area contributed by atoms with E-state index < -0.39 is 12.2 Å². The molecule has 0 aliphatic carbocycles. The van der Waals surface area contributed by atoms with Crippen molar-refractivity contribution in [2.45, 2.75) is 81.8 Å². The minimum absolute atomic E-state index is 0.0232. The molecule has 2 amide bonds. The molecule has 1 aliphatic rings. The summed E-state index contributed by atoms with van der Waals surface area (Å²) in [6, 6.07) is 30.5. The second-order valence-corrected chi connectivity index (χ2v) is 14.0. The lowest BCUT2D eigenvalue weighted by Gasteiger charge is -2.36. The molecule has 282 valence electrons. The van der Waals surface area contributed by atoms with Gasteiger partial charge >= 0.3 is 0 Å². The molecule has 4 aromatic carbocycles. The van der Waals surface area contributed by atoms with E-state index in [9.17, 15) is 19.8 Å². The van der Waals surface area contributed by atoms with Crippen LogP contribution < -0.4 is 10.8 Å². The Morgan fingerprint density at radius 2 is 1.54 bits per heavy atom. The number of aromatic nitrogens is 4. The number of nitrogens with one attached hydrogen (secondary N) is 2. The first-order chi connectivity index (χ1) is 26.4. The Bertz CT molecular complexity index is 1960. The Morgan fingerprint density at radius 3 is 2.26 bits per heavy atom. The van der Waals surface area contributed by atoms with Crippen molar-refractivity contribution >= 4 is 23.6 Å². The Hall–Kier alpha value is -5.12. The quantitative estimate of drug-likeness (QED) is 0.0310. The van der Waals surface area contributed by atoms with Crippen molar-refractivity contribution in [2.24, 2.45) is 0 Å². The number of hydrogen-bond acceptors (Lipinski definition) is 11. The maximum atomic E-state index is 12.6. The average Bonchev–Trinajstić information content (AvgIpc) is 3.69. The van der Waals surface area contributed by atoms with Crippen molar-refractivity contribution < 1.29 is 34.5 Å². The van der Waals surface area contributed by atoms with Crippen molar-refractivity contribution in [3.8, 4) is 22.6 Å². The van der Waals surface area contributed by atoms with Gasteiger partial charge in [0.2, 0.25) is 17.0 Å². The Kier molecular flexibility index (Phi) is 13.8. The van der Waals surface area contributed by atoms with E-state index in [2.05, 4.69) is 20.8 Å². The third-order valence-electron chi connectivity index (χ3n) is 9.22. The standard InChI is InChI=1S/C40H44N6O7S/c47-25-27-11-13-29(14-12-27)36-23-34(26-54-40-42-44-45-46(40)32-19-21-33(48)22-20-32)52-39(53-36)30-17-15-28(16-18-30)35-8-6-5-7-31(35)24-41-37(49)9-3-1-2-4-10-38(50)43-51/h5-8,11-22,34,36,39,47-48,51H,1-4,9-10,23-26H2,(H,41,49)(H,43,50)/t34-,36+,39+/m0/s1. The number of hydroxylamine groups is 1. The summed E-state index contributed by atoms with van der Waals surface area (Å²) in [5, 5.41) is 43.8. The van der Waals surface area contributed by atoms with Crippen LogP contribution in [0, 0.1) is 0 Å². The van der Waals surface area contributed by atoms with E-state index in [0.29, 0.717) is 36.7 Å². The minimum Gasteiger partial charge on any atom is -0.508 e. The molecule has 0 spiro atoms. The molecule has 54 heavy (non-hydrogen) atoms. The highest BCUT2D eigenvalue weighted by Crippen LogP contribution is 2.40. The lowest BCUT2D eigenvalue weighted by atomic mass is 9.97. The molecular weight excluding hydrogens is 709 g/mol. The predicted molar refractivity (Wildman–Crippen MR) is 201 cm³/mol. The number of ether oxygens (including phenoxy) is 2. The van der Waals surface area contributed by atoms with Crippen LogP contribution in [0.4, 0.5) is 0 Å². The number of carbonyl (C=O) groups excluding carboxylic acids is 2. The number of phenolic OH excluding ortho intramolecular Hbond substituents is 1. The molecule has 1 aliphatic heterocycles. The number of tetrazole rings is 1. The van der Waals surface area contributed by atoms with Gasteiger partial charge in [0.1, 0.15) is 5.75 Å². The van der Waals surface area contributed by atoms with E-state index in [-0.39, 0.29) is 36.9 Å². The number of aliphatic hydroxyl groups is 1. The van der Waals surface area contributed by atoms with Gasteiger partial charge in [-0.05, 0) is 75.4 Å². The highest BCUT2D eigenvalue weighted by Gasteiger charge is 2.33. The number of rotatable bonds is 17. The zero-order valence-electron chi connectivity index (χ0n) is 29.7. The van der Waals surface area contributed by atoms with Gasteiger partial charge in [-0.3, -0.25) is 14.8 Å². The molecule has 1 saturated heterocycles. The Labute approximate surface area is 317 Å². The van der Waals surface area contributed by atoms with E-state index in [0.717, 1.165) is 58.3 Å². The zero-order valence-corrected chi connectivity index (χ0v) is 30.5. The fraction of sp³-hybridized carbons (Fsp3) is 0.325. The summed E-state index contributed by atoms with van der Waals surface area (Å²) in [5.41, 5.74) is 8.05. The normalized spacial score (nSPS) is 16.9. The molecule has 0 radical (unpaired) electrons. The van der Waals surface area contributed by atoms with Gasteiger partial charge in [0.25, 0.3) is 0 Å². The molecular formula is C40H44N6O7S. The van der Waals surface area contributed by atoms with Gasteiger partial charge in [-0.15, -0.1) is 5.10 Å². The van der Waals surface area contributed by atoms with Crippen LogP contribution in [-0.2, 0) is 32.2 Å². The number of aromatic hydroxyl groups is 1. The molecule has 5 N–H and O–H groups in total. The van der Waals surface area contributed by atoms with Gasteiger partial charge in [0, 0.05) is 37.1 Å². The SMILES string of the molecule is O=C(CCCCCCC(=O)NCc1ccccc1-c1ccc([C@@H]2O[C@H](CSc3nnnn3-c3ccc(O)cc3)C[C@H](c3ccc(CO)cc3)O2)cc1)NO. The van der Waals surface area contributed by atoms with Crippen LogP contribution in [0.2, 0.25) is 0 Å². The molecule has 1 fully saturated rings. The number of benzene rings is 4.